The number of carboxylic acids is 1. The van der Waals surface area contributed by atoms with Crippen molar-refractivity contribution in [2.24, 2.45) is 5.73 Å². The standard InChI is InChI=1S/C13H16N2O4S/c14-11(16)8-10(13(18)19)15-12(17)6-7-20-9-4-2-1-3-5-9/h1-5,10H,6-8H2,(H2,14,16)(H,15,17)(H,18,19)/t10-/m1/s1. The summed E-state index contributed by atoms with van der Waals surface area (Å²) in [5, 5.41) is 11.1. The topological polar surface area (TPSA) is 109 Å². The van der Waals surface area contributed by atoms with Gasteiger partial charge >= 0.3 is 5.97 Å². The monoisotopic (exact) mass is 296 g/mol. The summed E-state index contributed by atoms with van der Waals surface area (Å²) >= 11 is 1.50. The van der Waals surface area contributed by atoms with Gasteiger partial charge in [0.2, 0.25) is 11.8 Å². The van der Waals surface area contributed by atoms with Crippen LogP contribution in [0.15, 0.2) is 35.2 Å². The lowest BCUT2D eigenvalue weighted by Gasteiger charge is -2.12. The zero-order chi connectivity index (χ0) is 15.0. The van der Waals surface area contributed by atoms with Crippen LogP contribution in [-0.2, 0) is 14.4 Å². The Hall–Kier alpha value is -2.02. The van der Waals surface area contributed by atoms with E-state index in [1.165, 1.54) is 11.8 Å². The van der Waals surface area contributed by atoms with Gasteiger partial charge in [-0.2, -0.15) is 0 Å². The van der Waals surface area contributed by atoms with Gasteiger partial charge in [0.05, 0.1) is 6.42 Å². The summed E-state index contributed by atoms with van der Waals surface area (Å²) < 4.78 is 0. The molecule has 0 radical (unpaired) electrons. The fraction of sp³-hybridized carbons (Fsp3) is 0.308. The summed E-state index contributed by atoms with van der Waals surface area (Å²) in [6, 6.07) is 8.29. The van der Waals surface area contributed by atoms with Crippen molar-refractivity contribution in [3.05, 3.63) is 30.3 Å². The number of rotatable bonds is 8. The highest BCUT2D eigenvalue weighted by molar-refractivity contribution is 7.99. The smallest absolute Gasteiger partial charge is 0.326 e. The number of primary amides is 1. The van der Waals surface area contributed by atoms with E-state index in [2.05, 4.69) is 5.32 Å². The van der Waals surface area contributed by atoms with Gasteiger partial charge in [0.1, 0.15) is 6.04 Å². The van der Waals surface area contributed by atoms with E-state index in [4.69, 9.17) is 10.8 Å². The van der Waals surface area contributed by atoms with Gasteiger partial charge in [-0.1, -0.05) is 18.2 Å². The SMILES string of the molecule is NC(=O)C[C@@H](NC(=O)CCSc1ccccc1)C(=O)O. The molecular weight excluding hydrogens is 280 g/mol. The van der Waals surface area contributed by atoms with E-state index in [1.54, 1.807) is 0 Å². The quantitative estimate of drug-likeness (QED) is 0.609. The Morgan fingerprint density at radius 2 is 1.90 bits per heavy atom. The summed E-state index contributed by atoms with van der Waals surface area (Å²) in [7, 11) is 0. The summed E-state index contributed by atoms with van der Waals surface area (Å²) in [4.78, 5) is 34.2. The number of aliphatic carboxylic acids is 1. The molecule has 0 aliphatic rings. The van der Waals surface area contributed by atoms with Crippen molar-refractivity contribution >= 4 is 29.5 Å². The summed E-state index contributed by atoms with van der Waals surface area (Å²) in [5.74, 6) is -1.93. The van der Waals surface area contributed by atoms with Crippen molar-refractivity contribution in [3.8, 4) is 0 Å². The van der Waals surface area contributed by atoms with Crippen LogP contribution in [0.1, 0.15) is 12.8 Å². The number of thioether (sulfide) groups is 1. The molecule has 0 bridgehead atoms. The fourth-order valence-electron chi connectivity index (χ4n) is 1.45. The molecule has 2 amide bonds. The van der Waals surface area contributed by atoms with Crippen LogP contribution in [0, 0.1) is 0 Å². The van der Waals surface area contributed by atoms with Gasteiger partial charge < -0.3 is 16.2 Å². The Labute approximate surface area is 120 Å². The Morgan fingerprint density at radius 1 is 1.25 bits per heavy atom. The molecule has 20 heavy (non-hydrogen) atoms. The number of carbonyl (C=O) groups excluding carboxylic acids is 2. The minimum absolute atomic E-state index is 0.169. The second-order valence-corrected chi connectivity index (χ2v) is 5.21. The average Bonchev–Trinajstić information content (AvgIpc) is 2.38. The molecule has 0 spiro atoms. The first kappa shape index (κ1) is 16.0. The van der Waals surface area contributed by atoms with E-state index >= 15 is 0 Å². The molecule has 0 heterocycles. The second kappa shape index (κ2) is 8.21. The molecule has 6 nitrogen and oxygen atoms in total. The van der Waals surface area contributed by atoms with Crippen LogP contribution < -0.4 is 11.1 Å². The number of nitrogens with two attached hydrogens (primary N) is 1. The molecule has 1 aromatic carbocycles. The molecular formula is C13H16N2O4S. The Morgan fingerprint density at radius 3 is 2.45 bits per heavy atom. The summed E-state index contributed by atoms with van der Waals surface area (Å²) in [6.07, 6.45) is -0.241. The molecule has 1 rings (SSSR count). The highest BCUT2D eigenvalue weighted by atomic mass is 32.2. The predicted octanol–water partition coefficient (Wildman–Crippen LogP) is 0.614. The van der Waals surface area contributed by atoms with Crippen LogP contribution in [0.2, 0.25) is 0 Å². The van der Waals surface area contributed by atoms with E-state index in [-0.39, 0.29) is 6.42 Å². The predicted molar refractivity (Wildman–Crippen MR) is 75.2 cm³/mol. The third-order valence-electron chi connectivity index (χ3n) is 2.38. The van der Waals surface area contributed by atoms with E-state index < -0.39 is 30.2 Å². The maximum atomic E-state index is 11.6. The third kappa shape index (κ3) is 6.24. The van der Waals surface area contributed by atoms with Gasteiger partial charge in [-0.25, -0.2) is 4.79 Å². The van der Waals surface area contributed by atoms with Gasteiger partial charge in [-0.05, 0) is 12.1 Å². The zero-order valence-corrected chi connectivity index (χ0v) is 11.6. The van der Waals surface area contributed by atoms with Crippen molar-refractivity contribution in [2.75, 3.05) is 5.75 Å². The van der Waals surface area contributed by atoms with Crippen LogP contribution in [0.5, 0.6) is 0 Å². The minimum Gasteiger partial charge on any atom is -0.480 e. The molecule has 108 valence electrons. The van der Waals surface area contributed by atoms with E-state index in [0.29, 0.717) is 5.75 Å². The molecule has 0 aromatic heterocycles. The Balaban J connectivity index is 2.35. The van der Waals surface area contributed by atoms with Crippen molar-refractivity contribution in [1.29, 1.82) is 0 Å². The van der Waals surface area contributed by atoms with E-state index in [0.717, 1.165) is 4.90 Å². The first-order valence-corrected chi connectivity index (χ1v) is 6.96. The molecule has 1 atom stereocenters. The highest BCUT2D eigenvalue weighted by Crippen LogP contribution is 2.17. The lowest BCUT2D eigenvalue weighted by molar-refractivity contribution is -0.143. The molecule has 0 aliphatic carbocycles. The van der Waals surface area contributed by atoms with Gasteiger partial charge in [-0.3, -0.25) is 9.59 Å². The summed E-state index contributed by atoms with van der Waals surface area (Å²) in [6.45, 7) is 0. The number of nitrogens with one attached hydrogen (secondary N) is 1. The van der Waals surface area contributed by atoms with Gasteiger partial charge in [0.25, 0.3) is 0 Å². The first-order chi connectivity index (χ1) is 9.49. The molecule has 0 saturated heterocycles. The van der Waals surface area contributed by atoms with Gasteiger partial charge in [0, 0.05) is 17.1 Å². The second-order valence-electron chi connectivity index (χ2n) is 4.04. The van der Waals surface area contributed by atoms with E-state index in [9.17, 15) is 14.4 Å². The molecule has 4 N–H and O–H groups in total. The number of amides is 2. The molecule has 1 aromatic rings. The van der Waals surface area contributed by atoms with Crippen LogP contribution in [0.4, 0.5) is 0 Å². The number of carbonyl (C=O) groups is 3. The van der Waals surface area contributed by atoms with Gasteiger partial charge in [0.15, 0.2) is 0 Å². The fourth-order valence-corrected chi connectivity index (χ4v) is 2.32. The normalized spacial score (nSPS) is 11.6. The first-order valence-electron chi connectivity index (χ1n) is 5.97. The van der Waals surface area contributed by atoms with Crippen molar-refractivity contribution in [2.45, 2.75) is 23.8 Å². The van der Waals surface area contributed by atoms with Crippen molar-refractivity contribution in [1.82, 2.24) is 5.32 Å². The maximum absolute atomic E-state index is 11.6. The van der Waals surface area contributed by atoms with E-state index in [1.807, 2.05) is 30.3 Å². The summed E-state index contributed by atoms with van der Waals surface area (Å²) in [5.41, 5.74) is 4.93. The van der Waals surface area contributed by atoms with Crippen molar-refractivity contribution in [3.63, 3.8) is 0 Å². The lowest BCUT2D eigenvalue weighted by Crippen LogP contribution is -2.43. The maximum Gasteiger partial charge on any atom is 0.326 e. The van der Waals surface area contributed by atoms with Gasteiger partial charge in [-0.15, -0.1) is 11.8 Å². The van der Waals surface area contributed by atoms with Crippen LogP contribution >= 0.6 is 11.8 Å². The lowest BCUT2D eigenvalue weighted by atomic mass is 10.2. The average molecular weight is 296 g/mol. The molecule has 0 unspecified atom stereocenters. The zero-order valence-electron chi connectivity index (χ0n) is 10.7. The Kier molecular flexibility index (Phi) is 6.58. The highest BCUT2D eigenvalue weighted by Gasteiger charge is 2.21. The number of hydrogen-bond donors (Lipinski definition) is 3. The molecule has 7 heteroatoms. The number of carboxylic acid groups (broad SMARTS) is 1. The number of hydrogen-bond acceptors (Lipinski definition) is 4. The van der Waals surface area contributed by atoms with Crippen molar-refractivity contribution < 1.29 is 19.5 Å². The van der Waals surface area contributed by atoms with Crippen LogP contribution in [-0.4, -0.2) is 34.7 Å². The number of benzene rings is 1. The molecule has 0 aliphatic heterocycles. The Bertz CT molecular complexity index is 479. The largest absolute Gasteiger partial charge is 0.480 e. The van der Waals surface area contributed by atoms with Crippen LogP contribution in [0.25, 0.3) is 0 Å². The molecule has 0 saturated carbocycles. The third-order valence-corrected chi connectivity index (χ3v) is 3.39. The molecule has 0 fully saturated rings. The van der Waals surface area contributed by atoms with Crippen LogP contribution in [0.3, 0.4) is 0 Å². The minimum atomic E-state index is -1.27.